The first-order valence-corrected chi connectivity index (χ1v) is 39.3. The van der Waals surface area contributed by atoms with Crippen LogP contribution in [0.15, 0.2) is 69.2 Å². The van der Waals surface area contributed by atoms with Gasteiger partial charge in [-0.1, -0.05) is 104 Å². The van der Waals surface area contributed by atoms with Gasteiger partial charge in [0.1, 0.15) is 24.9 Å². The summed E-state index contributed by atoms with van der Waals surface area (Å²) in [5.74, 6) is 0.833. The monoisotopic (exact) mass is 1520 g/mol. The van der Waals surface area contributed by atoms with E-state index in [9.17, 15) is 47.8 Å². The van der Waals surface area contributed by atoms with Crippen LogP contribution in [0.3, 0.4) is 0 Å². The largest absolute Gasteiger partial charge is 0.469 e. The Morgan fingerprint density at radius 3 is 0.971 bits per heavy atom. The highest BCUT2D eigenvalue weighted by Gasteiger charge is 2.46. The van der Waals surface area contributed by atoms with Crippen molar-refractivity contribution in [3.05, 3.63) is 131 Å². The van der Waals surface area contributed by atoms with Crippen molar-refractivity contribution in [2.75, 3.05) is 0 Å². The lowest BCUT2D eigenvalue weighted by atomic mass is 9.87. The van der Waals surface area contributed by atoms with Gasteiger partial charge in [0.15, 0.2) is 0 Å². The maximum Gasteiger partial charge on any atom is 0.469 e. The number of hydrogen-bond donors (Lipinski definition) is 7. The van der Waals surface area contributed by atoms with Crippen LogP contribution in [0.25, 0.3) is 0 Å². The number of hydrogen-bond acceptors (Lipinski definition) is 19. The molecule has 588 valence electrons. The molecule has 4 fully saturated rings. The number of ether oxygens (including phenoxy) is 6. The number of nitrogens with zero attached hydrogens (tertiary/aromatic N) is 4. The topological polar surface area (TPSA) is 380 Å². The third-order valence-electron chi connectivity index (χ3n) is 15.4. The van der Waals surface area contributed by atoms with Crippen molar-refractivity contribution < 1.29 is 61.2 Å². The third-order valence-corrected chi connectivity index (χ3v) is 17.8. The van der Waals surface area contributed by atoms with Gasteiger partial charge in [0.05, 0.1) is 65.6 Å². The molecule has 103 heavy (non-hydrogen) atoms. The predicted molar refractivity (Wildman–Crippen MR) is 399 cm³/mol. The molecule has 8 heterocycles. The van der Waals surface area contributed by atoms with Crippen LogP contribution in [-0.2, 0) is 58.4 Å². The Morgan fingerprint density at radius 1 is 0.447 bits per heavy atom. The molecular weight excluding hydrogens is 1390 g/mol. The molecule has 4 aromatic heterocycles. The van der Waals surface area contributed by atoms with Crippen LogP contribution in [0.5, 0.6) is 0 Å². The molecule has 4 saturated heterocycles. The number of aromatic nitrogens is 8. The molecule has 0 radical (unpaired) electrons. The van der Waals surface area contributed by atoms with Crippen LogP contribution in [-0.4, -0.2) is 119 Å². The van der Waals surface area contributed by atoms with Crippen LogP contribution in [0, 0.1) is 48.3 Å². The first kappa shape index (κ1) is 90.5. The molecule has 4 aromatic rings. The zero-order valence-corrected chi connectivity index (χ0v) is 68.4. The molecule has 4 aliphatic rings. The Labute approximate surface area is 610 Å². The average molecular weight is 1520 g/mol. The lowest BCUT2D eigenvalue weighted by molar-refractivity contribution is -0.102. The van der Waals surface area contributed by atoms with Crippen LogP contribution >= 0.6 is 14.5 Å². The Kier molecular flexibility index (Phi) is 31.1. The number of aromatic amines is 4. The normalized spacial score (nSPS) is 24.8. The molecule has 13 atom stereocenters. The third kappa shape index (κ3) is 31.8. The highest BCUT2D eigenvalue weighted by atomic mass is 32.5. The van der Waals surface area contributed by atoms with Crippen LogP contribution in [0.4, 0.5) is 0 Å². The minimum atomic E-state index is -4.69. The molecule has 0 saturated carbocycles. The zero-order valence-electron chi connectivity index (χ0n) is 65.8. The summed E-state index contributed by atoms with van der Waals surface area (Å²) < 4.78 is 69.5. The number of phosphoric ester groups is 1. The Hall–Kier alpha value is -4.88. The minimum Gasteiger partial charge on any atom is -0.370 e. The lowest BCUT2D eigenvalue weighted by Crippen LogP contribution is -2.35. The van der Waals surface area contributed by atoms with Crippen LogP contribution in [0.2, 0.25) is 0 Å². The number of aryl methyl sites for hydroxylation is 3. The summed E-state index contributed by atoms with van der Waals surface area (Å²) in [7, 11) is -4.69. The predicted octanol–water partition coefficient (Wildman–Crippen LogP) is 10.9. The van der Waals surface area contributed by atoms with E-state index in [0.29, 0.717) is 48.8 Å². The molecule has 7 N–H and O–H groups in total. The Bertz CT molecular complexity index is 3990. The quantitative estimate of drug-likeness (QED) is 0.0544. The first-order valence-electron chi connectivity index (χ1n) is 35.2. The molecule has 29 nitrogen and oxygen atoms in total. The molecule has 4 aliphatic heterocycles. The van der Waals surface area contributed by atoms with Gasteiger partial charge in [0.25, 0.3) is 22.2 Å². The van der Waals surface area contributed by atoms with Crippen molar-refractivity contribution in [1.82, 2.24) is 38.2 Å². The van der Waals surface area contributed by atoms with E-state index >= 15 is 0 Å². The second kappa shape index (κ2) is 35.4. The van der Waals surface area contributed by atoms with Gasteiger partial charge < -0.3 is 52.1 Å². The number of rotatable bonds is 15. The lowest BCUT2D eigenvalue weighted by Gasteiger charge is -2.31. The maximum atomic E-state index is 12.2. The van der Waals surface area contributed by atoms with Gasteiger partial charge in [-0.2, -0.15) is 0 Å². The van der Waals surface area contributed by atoms with Crippen molar-refractivity contribution in [2.24, 2.45) is 27.6 Å². The van der Waals surface area contributed by atoms with Crippen molar-refractivity contribution in [3.8, 4) is 0 Å². The summed E-state index contributed by atoms with van der Waals surface area (Å²) >= 11 is 5.19. The van der Waals surface area contributed by atoms with Gasteiger partial charge in [-0.3, -0.25) is 61.9 Å². The van der Waals surface area contributed by atoms with Crippen molar-refractivity contribution in [3.63, 3.8) is 0 Å². The van der Waals surface area contributed by atoms with Gasteiger partial charge in [-0.15, -0.1) is 0 Å². The maximum absolute atomic E-state index is 12.2. The fraction of sp³-hybridized carbons (Fsp3) is 0.775. The van der Waals surface area contributed by atoms with Crippen LogP contribution < -0.4 is 45.0 Å². The van der Waals surface area contributed by atoms with E-state index < -0.39 is 103 Å². The standard InChI is InChI=1S/C18H31N2O6PS.C18H30N2O4.C17H28N2O4.C14H23N2O7P.C4H10/c1-11-10-20(16(22)19-15(11)21)14-8-12(13(24-14)9-17(2,3)4)25-27(23,28)26-18(5,6)7;1-11-10-20(16(22)19-15(11)21)14-8-12(24-18(5,6)7)13(23-14)9-17(2,3)4;1-16(2,3)10-12-11(23-17(4,5)6)9-14(22-12)19-8-7-13(20)18-15(19)21;1-8-7-16(13(18)15-12(8)17)11-5-9(23-24(19,20)21)10(22-11)6-14(2,3)4;1-4(2)3/h10,12-14H,8-9H2,1-7H3,(H,23,28)(H,19,21,22);10,12-14H,8-9H2,1-7H3,(H,19,21,22);7-8,11-12,14H,9-10H2,1-6H3,(H,18,20,21);7,9-11H,5-6H2,1-4H3,(H,15,17,18)(H2,19,20,21);4H,1-3H3/t12?,13-,14-,27?;12?,13-,14-;11?,12-,14-;9?,10-,11-;/m1111./s1. The number of nitrogens with one attached hydrogen (secondary N) is 4. The summed E-state index contributed by atoms with van der Waals surface area (Å²) in [5.41, 5.74) is -3.80. The van der Waals surface area contributed by atoms with Gasteiger partial charge >= 0.3 is 37.3 Å². The van der Waals surface area contributed by atoms with E-state index in [4.69, 9.17) is 63.6 Å². The molecule has 0 aromatic carbocycles. The second-order valence-electron chi connectivity index (χ2n) is 35.7. The van der Waals surface area contributed by atoms with Gasteiger partial charge in [0.2, 0.25) is 0 Å². The zero-order chi connectivity index (χ0) is 79.1. The van der Waals surface area contributed by atoms with Crippen molar-refractivity contribution in [2.45, 2.75) is 329 Å². The molecule has 0 amide bonds. The fourth-order valence-corrected chi connectivity index (χ4v) is 14.7. The summed E-state index contributed by atoms with van der Waals surface area (Å²) in [5, 5.41) is 0. The van der Waals surface area contributed by atoms with E-state index in [0.717, 1.165) is 18.8 Å². The number of H-pyrrole nitrogens is 4. The van der Waals surface area contributed by atoms with E-state index in [-0.39, 0.29) is 75.4 Å². The average Bonchev–Trinajstić information content (AvgIpc) is 1.68. The van der Waals surface area contributed by atoms with E-state index in [2.05, 4.69) is 103 Å². The van der Waals surface area contributed by atoms with Crippen molar-refractivity contribution in [1.29, 1.82) is 0 Å². The summed E-state index contributed by atoms with van der Waals surface area (Å²) in [6.07, 6.45) is 5.32. The molecule has 32 heteroatoms. The molecule has 0 aliphatic carbocycles. The molecular formula is C71H122N8O21P2S. The minimum absolute atomic E-state index is 0.0735. The number of phosphoric acid groups is 1. The summed E-state index contributed by atoms with van der Waals surface area (Å²) in [4.78, 5) is 132. The van der Waals surface area contributed by atoms with Crippen LogP contribution in [0.1, 0.15) is 259 Å². The second-order valence-corrected chi connectivity index (χ2v) is 39.6. The SMILES string of the molecule is CC(C)(C)C[C@H]1O[C@@H](n2ccc(=O)[nH]c2=O)CC1OC(C)(C)C.CC(C)C.Cc1cn([C@H]2CC(OC(C)(C)C)[C@@H](CC(C)(C)C)O2)c(=O)[nH]c1=O.Cc1cn([C@H]2CC(OP(=O)(O)O)[C@@H](CC(C)(C)C)O2)c(=O)[nH]c1=O.Cc1cn([C@H]2CC(OP(O)(=S)OC(C)(C)C)[C@@H](CC(C)(C)C)O2)c(=O)[nH]c1=O. The van der Waals surface area contributed by atoms with E-state index in [1.165, 1.54) is 42.9 Å². The van der Waals surface area contributed by atoms with E-state index in [1.807, 2.05) is 62.3 Å². The molecule has 5 unspecified atom stereocenters. The smallest absolute Gasteiger partial charge is 0.370 e. The molecule has 0 bridgehead atoms. The van der Waals surface area contributed by atoms with Crippen molar-refractivity contribution >= 4 is 26.3 Å². The fourth-order valence-electron chi connectivity index (χ4n) is 11.8. The van der Waals surface area contributed by atoms with Gasteiger partial charge in [0, 0.05) is 73.2 Å². The highest BCUT2D eigenvalue weighted by molar-refractivity contribution is 8.07. The molecule has 0 spiro atoms. The summed E-state index contributed by atoms with van der Waals surface area (Å²) in [6.45, 7) is 50.4. The highest BCUT2D eigenvalue weighted by Crippen LogP contribution is 2.53. The summed E-state index contributed by atoms with van der Waals surface area (Å²) in [6, 6.07) is 1.33. The Morgan fingerprint density at radius 2 is 0.709 bits per heavy atom. The van der Waals surface area contributed by atoms with Gasteiger partial charge in [-0.05, 0) is 148 Å². The van der Waals surface area contributed by atoms with Gasteiger partial charge in [-0.25, -0.2) is 23.7 Å². The molecule has 8 rings (SSSR count). The Balaban J connectivity index is 0.000000286. The first-order chi connectivity index (χ1) is 46.4. The van der Waals surface area contributed by atoms with E-state index in [1.54, 1.807) is 47.7 Å².